The summed E-state index contributed by atoms with van der Waals surface area (Å²) in [6.07, 6.45) is -3.20. The quantitative estimate of drug-likeness (QED) is 0.820. The number of rotatable bonds is 3. The minimum atomic E-state index is -4.34. The SMILES string of the molecule is Cc1ccc(C2CCN(C(=O)CN3CCOCC3)CC2)c(C(F)(F)F)c1. The fourth-order valence-electron chi connectivity index (χ4n) is 3.76. The third-order valence-corrected chi connectivity index (χ3v) is 5.26. The standard InChI is InChI=1S/C19H25F3N2O2/c1-14-2-3-16(17(12-14)19(20,21)22)15-4-6-24(7-5-15)18(25)13-23-8-10-26-11-9-23/h2-3,12,15H,4-11,13H2,1H3. The Bertz CT molecular complexity index is 634. The summed E-state index contributed by atoms with van der Waals surface area (Å²) in [4.78, 5) is 16.3. The maximum Gasteiger partial charge on any atom is 0.416 e. The first-order valence-electron chi connectivity index (χ1n) is 9.10. The number of carbonyl (C=O) groups excluding carboxylic acids is 1. The fraction of sp³-hybridized carbons (Fsp3) is 0.632. The fourth-order valence-corrected chi connectivity index (χ4v) is 3.76. The summed E-state index contributed by atoms with van der Waals surface area (Å²) in [6.45, 7) is 5.85. The van der Waals surface area contributed by atoms with Gasteiger partial charge in [0.2, 0.25) is 5.91 Å². The highest BCUT2D eigenvalue weighted by Crippen LogP contribution is 2.39. The second-order valence-corrected chi connectivity index (χ2v) is 7.13. The molecular weight excluding hydrogens is 345 g/mol. The predicted molar refractivity (Wildman–Crippen MR) is 92.0 cm³/mol. The molecule has 1 amide bonds. The van der Waals surface area contributed by atoms with Crippen molar-refractivity contribution in [1.29, 1.82) is 0 Å². The van der Waals surface area contributed by atoms with Crippen molar-refractivity contribution < 1.29 is 22.7 Å². The summed E-state index contributed by atoms with van der Waals surface area (Å²) < 4.78 is 45.4. The highest BCUT2D eigenvalue weighted by Gasteiger charge is 2.36. The Morgan fingerprint density at radius 1 is 1.15 bits per heavy atom. The minimum Gasteiger partial charge on any atom is -0.379 e. The molecule has 144 valence electrons. The number of alkyl halides is 3. The predicted octanol–water partition coefficient (Wildman–Crippen LogP) is 3.05. The Balaban J connectivity index is 1.61. The minimum absolute atomic E-state index is 0.0605. The average molecular weight is 370 g/mol. The molecular formula is C19H25F3N2O2. The Morgan fingerprint density at radius 3 is 2.42 bits per heavy atom. The molecule has 3 rings (SSSR count). The van der Waals surface area contributed by atoms with E-state index >= 15 is 0 Å². The van der Waals surface area contributed by atoms with E-state index in [-0.39, 0.29) is 11.8 Å². The van der Waals surface area contributed by atoms with Gasteiger partial charge in [-0.2, -0.15) is 13.2 Å². The topological polar surface area (TPSA) is 32.8 Å². The van der Waals surface area contributed by atoms with Crippen LogP contribution in [0.5, 0.6) is 0 Å². The van der Waals surface area contributed by atoms with Gasteiger partial charge in [0.1, 0.15) is 0 Å². The summed E-state index contributed by atoms with van der Waals surface area (Å²) in [5, 5.41) is 0. The highest BCUT2D eigenvalue weighted by atomic mass is 19.4. The Morgan fingerprint density at radius 2 is 1.81 bits per heavy atom. The van der Waals surface area contributed by atoms with Crippen molar-refractivity contribution in [3.05, 3.63) is 34.9 Å². The van der Waals surface area contributed by atoms with E-state index in [2.05, 4.69) is 4.90 Å². The summed E-state index contributed by atoms with van der Waals surface area (Å²) in [6, 6.07) is 4.57. The van der Waals surface area contributed by atoms with Gasteiger partial charge >= 0.3 is 6.18 Å². The molecule has 2 fully saturated rings. The molecule has 2 saturated heterocycles. The molecule has 0 aromatic heterocycles. The first-order chi connectivity index (χ1) is 12.3. The molecule has 0 bridgehead atoms. The van der Waals surface area contributed by atoms with Gasteiger partial charge in [0, 0.05) is 26.2 Å². The van der Waals surface area contributed by atoms with E-state index in [4.69, 9.17) is 4.74 Å². The number of halogens is 3. The van der Waals surface area contributed by atoms with Crippen molar-refractivity contribution in [1.82, 2.24) is 9.80 Å². The normalized spacial score (nSPS) is 20.4. The van der Waals surface area contributed by atoms with Gasteiger partial charge in [0.15, 0.2) is 0 Å². The van der Waals surface area contributed by atoms with Crippen LogP contribution >= 0.6 is 0 Å². The van der Waals surface area contributed by atoms with E-state index in [0.29, 0.717) is 56.8 Å². The Labute approximate surface area is 151 Å². The van der Waals surface area contributed by atoms with Crippen LogP contribution in [0.3, 0.4) is 0 Å². The zero-order valence-corrected chi connectivity index (χ0v) is 15.0. The first kappa shape index (κ1) is 19.2. The van der Waals surface area contributed by atoms with Gasteiger partial charge in [-0.05, 0) is 37.3 Å². The van der Waals surface area contributed by atoms with E-state index < -0.39 is 11.7 Å². The van der Waals surface area contributed by atoms with Crippen LogP contribution in [-0.4, -0.2) is 61.6 Å². The monoisotopic (exact) mass is 370 g/mol. The summed E-state index contributed by atoms with van der Waals surface area (Å²) in [7, 11) is 0. The van der Waals surface area contributed by atoms with E-state index in [1.807, 2.05) is 0 Å². The second kappa shape index (κ2) is 7.96. The molecule has 0 N–H and O–H groups in total. The molecule has 2 aliphatic heterocycles. The zero-order valence-electron chi connectivity index (χ0n) is 15.0. The van der Waals surface area contributed by atoms with Gasteiger partial charge < -0.3 is 9.64 Å². The van der Waals surface area contributed by atoms with Gasteiger partial charge in [-0.1, -0.05) is 17.7 Å². The van der Waals surface area contributed by atoms with Crippen LogP contribution in [0.2, 0.25) is 0 Å². The van der Waals surface area contributed by atoms with Gasteiger partial charge in [0.05, 0.1) is 25.3 Å². The Hall–Kier alpha value is -1.60. The van der Waals surface area contributed by atoms with E-state index in [0.717, 1.165) is 13.1 Å². The second-order valence-electron chi connectivity index (χ2n) is 7.13. The van der Waals surface area contributed by atoms with E-state index in [1.165, 1.54) is 6.07 Å². The third-order valence-electron chi connectivity index (χ3n) is 5.26. The number of amides is 1. The number of likely N-dealkylation sites (tertiary alicyclic amines) is 1. The maximum atomic E-state index is 13.4. The van der Waals surface area contributed by atoms with E-state index in [1.54, 1.807) is 24.0 Å². The molecule has 0 spiro atoms. The molecule has 7 heteroatoms. The largest absolute Gasteiger partial charge is 0.416 e. The van der Waals surface area contributed by atoms with Crippen molar-refractivity contribution >= 4 is 5.91 Å². The molecule has 0 saturated carbocycles. The smallest absolute Gasteiger partial charge is 0.379 e. The van der Waals surface area contributed by atoms with Crippen LogP contribution in [-0.2, 0) is 15.7 Å². The van der Waals surface area contributed by atoms with Gasteiger partial charge in [0.25, 0.3) is 0 Å². The van der Waals surface area contributed by atoms with Crippen LogP contribution in [0.25, 0.3) is 0 Å². The number of hydrogen-bond donors (Lipinski definition) is 0. The van der Waals surface area contributed by atoms with Crippen molar-refractivity contribution in [2.45, 2.75) is 31.9 Å². The van der Waals surface area contributed by atoms with Crippen LogP contribution in [0.4, 0.5) is 13.2 Å². The molecule has 1 aromatic carbocycles. The molecule has 1 aromatic rings. The van der Waals surface area contributed by atoms with Gasteiger partial charge in [-0.3, -0.25) is 9.69 Å². The van der Waals surface area contributed by atoms with Crippen LogP contribution < -0.4 is 0 Å². The third kappa shape index (κ3) is 4.57. The number of carbonyl (C=O) groups is 1. The van der Waals surface area contributed by atoms with E-state index in [9.17, 15) is 18.0 Å². The van der Waals surface area contributed by atoms with Crippen LogP contribution in [0, 0.1) is 6.92 Å². The molecule has 4 nitrogen and oxygen atoms in total. The molecule has 0 unspecified atom stereocenters. The number of nitrogens with zero attached hydrogens (tertiary/aromatic N) is 2. The lowest BCUT2D eigenvalue weighted by Gasteiger charge is -2.35. The molecule has 2 heterocycles. The zero-order chi connectivity index (χ0) is 18.7. The first-order valence-corrected chi connectivity index (χ1v) is 9.10. The molecule has 0 atom stereocenters. The molecule has 26 heavy (non-hydrogen) atoms. The number of aryl methyl sites for hydroxylation is 1. The summed E-state index contributed by atoms with van der Waals surface area (Å²) in [5.74, 6) is -0.0926. The number of morpholine rings is 1. The lowest BCUT2D eigenvalue weighted by molar-refractivity contribution is -0.139. The molecule has 2 aliphatic rings. The van der Waals surface area contributed by atoms with Crippen LogP contribution in [0.1, 0.15) is 35.4 Å². The van der Waals surface area contributed by atoms with Crippen molar-refractivity contribution in [2.24, 2.45) is 0 Å². The number of piperidine rings is 1. The van der Waals surface area contributed by atoms with Crippen molar-refractivity contribution in [3.8, 4) is 0 Å². The van der Waals surface area contributed by atoms with Gasteiger partial charge in [-0.15, -0.1) is 0 Å². The Kier molecular flexibility index (Phi) is 5.87. The van der Waals surface area contributed by atoms with Gasteiger partial charge in [-0.25, -0.2) is 0 Å². The highest BCUT2D eigenvalue weighted by molar-refractivity contribution is 5.78. The maximum absolute atomic E-state index is 13.4. The van der Waals surface area contributed by atoms with Crippen molar-refractivity contribution in [2.75, 3.05) is 45.9 Å². The molecule has 0 aliphatic carbocycles. The van der Waals surface area contributed by atoms with Crippen LogP contribution in [0.15, 0.2) is 18.2 Å². The lowest BCUT2D eigenvalue weighted by Crippen LogP contribution is -2.46. The number of ether oxygens (including phenoxy) is 1. The van der Waals surface area contributed by atoms with Crippen molar-refractivity contribution in [3.63, 3.8) is 0 Å². The number of hydrogen-bond acceptors (Lipinski definition) is 3. The summed E-state index contributed by atoms with van der Waals surface area (Å²) >= 11 is 0. The number of benzene rings is 1. The summed E-state index contributed by atoms with van der Waals surface area (Å²) in [5.41, 5.74) is 0.443. The average Bonchev–Trinajstić information content (AvgIpc) is 2.62. The lowest BCUT2D eigenvalue weighted by atomic mass is 9.85. The molecule has 0 radical (unpaired) electrons.